The summed E-state index contributed by atoms with van der Waals surface area (Å²) in [4.78, 5) is 4.72. The summed E-state index contributed by atoms with van der Waals surface area (Å²) in [7, 11) is 0. The molecule has 3 aromatic heterocycles. The maximum absolute atomic E-state index is 5.68. The van der Waals surface area contributed by atoms with Crippen LogP contribution in [0.1, 0.15) is 41.6 Å². The Balaban J connectivity index is 1.33. The molecule has 0 bridgehead atoms. The van der Waals surface area contributed by atoms with Crippen LogP contribution in [0.5, 0.6) is 0 Å². The van der Waals surface area contributed by atoms with Crippen LogP contribution in [-0.4, -0.2) is 19.7 Å². The second-order valence-corrected chi connectivity index (χ2v) is 8.83. The summed E-state index contributed by atoms with van der Waals surface area (Å²) in [6.45, 7) is 2.76. The van der Waals surface area contributed by atoms with E-state index in [0.717, 1.165) is 45.5 Å². The molecule has 0 atom stereocenters. The standard InChI is InChI=1S/C21H20N4OS2/c1-14-7-10-18(26-14)20-22-17(12-27-20)13-28-21-24-23-19(16-8-9-16)25(21)11-15-5-3-2-4-6-15/h2-7,10,12,16H,8-9,11,13H2,1H3. The van der Waals surface area contributed by atoms with Crippen molar-refractivity contribution in [1.82, 2.24) is 19.7 Å². The number of nitrogens with zero attached hydrogens (tertiary/aromatic N) is 4. The van der Waals surface area contributed by atoms with E-state index in [9.17, 15) is 0 Å². The summed E-state index contributed by atoms with van der Waals surface area (Å²) in [6, 6.07) is 14.5. The summed E-state index contributed by atoms with van der Waals surface area (Å²) in [5.41, 5.74) is 2.32. The van der Waals surface area contributed by atoms with Crippen LogP contribution in [0.4, 0.5) is 0 Å². The van der Waals surface area contributed by atoms with Gasteiger partial charge >= 0.3 is 0 Å². The van der Waals surface area contributed by atoms with Crippen LogP contribution in [-0.2, 0) is 12.3 Å². The average Bonchev–Trinajstić information content (AvgIpc) is 3.10. The minimum absolute atomic E-state index is 0.568. The molecular weight excluding hydrogens is 388 g/mol. The number of benzene rings is 1. The third-order valence-electron chi connectivity index (χ3n) is 4.72. The van der Waals surface area contributed by atoms with Crippen LogP contribution < -0.4 is 0 Å². The molecule has 1 aliphatic rings. The van der Waals surface area contributed by atoms with E-state index in [1.165, 1.54) is 18.4 Å². The molecule has 4 aromatic rings. The zero-order chi connectivity index (χ0) is 18.9. The van der Waals surface area contributed by atoms with Gasteiger partial charge in [-0.25, -0.2) is 4.98 Å². The Morgan fingerprint density at radius 3 is 2.75 bits per heavy atom. The van der Waals surface area contributed by atoms with Gasteiger partial charge in [0.2, 0.25) is 0 Å². The Morgan fingerprint density at radius 2 is 2.00 bits per heavy atom. The van der Waals surface area contributed by atoms with Crippen molar-refractivity contribution in [2.75, 3.05) is 0 Å². The molecule has 1 aliphatic carbocycles. The summed E-state index contributed by atoms with van der Waals surface area (Å²) >= 11 is 3.32. The van der Waals surface area contributed by atoms with Crippen molar-refractivity contribution in [1.29, 1.82) is 0 Å². The van der Waals surface area contributed by atoms with Crippen molar-refractivity contribution in [2.45, 2.75) is 43.1 Å². The SMILES string of the molecule is Cc1ccc(-c2nc(CSc3nnc(C4CC4)n3Cc3ccccc3)cs2)o1. The van der Waals surface area contributed by atoms with Gasteiger partial charge in [-0.05, 0) is 37.5 Å². The molecule has 7 heteroatoms. The molecule has 0 saturated heterocycles. The molecule has 1 aromatic carbocycles. The van der Waals surface area contributed by atoms with Gasteiger partial charge in [0, 0.05) is 17.1 Å². The van der Waals surface area contributed by atoms with E-state index in [2.05, 4.69) is 44.4 Å². The van der Waals surface area contributed by atoms with Gasteiger partial charge in [0.1, 0.15) is 11.6 Å². The molecule has 0 spiro atoms. The van der Waals surface area contributed by atoms with E-state index in [4.69, 9.17) is 9.40 Å². The van der Waals surface area contributed by atoms with Crippen LogP contribution in [0.15, 0.2) is 57.4 Å². The fourth-order valence-electron chi connectivity index (χ4n) is 3.14. The number of hydrogen-bond donors (Lipinski definition) is 0. The maximum atomic E-state index is 5.68. The molecule has 1 saturated carbocycles. The Bertz CT molecular complexity index is 1080. The second-order valence-electron chi connectivity index (χ2n) is 7.03. The minimum atomic E-state index is 0.568. The third-order valence-corrected chi connectivity index (χ3v) is 6.63. The summed E-state index contributed by atoms with van der Waals surface area (Å²) < 4.78 is 7.96. The Labute approximate surface area is 171 Å². The van der Waals surface area contributed by atoms with E-state index in [0.29, 0.717) is 5.92 Å². The lowest BCUT2D eigenvalue weighted by atomic mass is 10.2. The zero-order valence-corrected chi connectivity index (χ0v) is 17.2. The van der Waals surface area contributed by atoms with Crippen LogP contribution in [0, 0.1) is 6.92 Å². The maximum Gasteiger partial charge on any atom is 0.191 e. The highest BCUT2D eigenvalue weighted by Crippen LogP contribution is 2.40. The quantitative estimate of drug-likeness (QED) is 0.377. The van der Waals surface area contributed by atoms with Crippen LogP contribution in [0.3, 0.4) is 0 Å². The normalized spacial score (nSPS) is 13.9. The van der Waals surface area contributed by atoms with Crippen LogP contribution >= 0.6 is 23.1 Å². The van der Waals surface area contributed by atoms with Crippen molar-refractivity contribution in [3.63, 3.8) is 0 Å². The fraction of sp³-hybridized carbons (Fsp3) is 0.286. The lowest BCUT2D eigenvalue weighted by molar-refractivity contribution is 0.548. The smallest absolute Gasteiger partial charge is 0.191 e. The summed E-state index contributed by atoms with van der Waals surface area (Å²) in [5.74, 6) is 4.20. The Kier molecular flexibility index (Phi) is 4.78. The van der Waals surface area contributed by atoms with Crippen LogP contribution in [0.25, 0.3) is 10.8 Å². The van der Waals surface area contributed by atoms with Gasteiger partial charge in [0.25, 0.3) is 0 Å². The van der Waals surface area contributed by atoms with E-state index >= 15 is 0 Å². The molecule has 0 amide bonds. The van der Waals surface area contributed by atoms with Crippen molar-refractivity contribution in [2.24, 2.45) is 0 Å². The second kappa shape index (κ2) is 7.56. The first-order valence-corrected chi connectivity index (χ1v) is 11.2. The highest BCUT2D eigenvalue weighted by Gasteiger charge is 2.30. The van der Waals surface area contributed by atoms with Gasteiger partial charge in [0.05, 0.1) is 12.2 Å². The molecule has 0 unspecified atom stereocenters. The van der Waals surface area contributed by atoms with E-state index in [1.54, 1.807) is 23.1 Å². The van der Waals surface area contributed by atoms with Crippen molar-refractivity contribution in [3.05, 3.63) is 70.7 Å². The average molecular weight is 409 g/mol. The lowest BCUT2D eigenvalue weighted by Crippen LogP contribution is -2.06. The molecule has 0 radical (unpaired) electrons. The molecule has 142 valence electrons. The van der Waals surface area contributed by atoms with Gasteiger partial charge in [-0.3, -0.25) is 0 Å². The lowest BCUT2D eigenvalue weighted by Gasteiger charge is -2.09. The number of furan rings is 1. The molecule has 5 nitrogen and oxygen atoms in total. The van der Waals surface area contributed by atoms with E-state index in [1.807, 2.05) is 25.1 Å². The summed E-state index contributed by atoms with van der Waals surface area (Å²) in [5, 5.41) is 13.0. The highest BCUT2D eigenvalue weighted by molar-refractivity contribution is 7.98. The largest absolute Gasteiger partial charge is 0.459 e. The van der Waals surface area contributed by atoms with E-state index < -0.39 is 0 Å². The van der Waals surface area contributed by atoms with Gasteiger partial charge in [0.15, 0.2) is 15.9 Å². The molecule has 28 heavy (non-hydrogen) atoms. The fourth-order valence-corrected chi connectivity index (χ4v) is 4.86. The molecule has 0 aliphatic heterocycles. The first-order valence-electron chi connectivity index (χ1n) is 9.37. The molecule has 1 fully saturated rings. The van der Waals surface area contributed by atoms with Gasteiger partial charge in [-0.2, -0.15) is 0 Å². The minimum Gasteiger partial charge on any atom is -0.459 e. The molecule has 3 heterocycles. The third kappa shape index (κ3) is 3.77. The number of thiazole rings is 1. The predicted molar refractivity (Wildman–Crippen MR) is 112 cm³/mol. The monoisotopic (exact) mass is 408 g/mol. The topological polar surface area (TPSA) is 56.7 Å². The molecule has 0 N–H and O–H groups in total. The number of rotatable bonds is 7. The van der Waals surface area contributed by atoms with E-state index in [-0.39, 0.29) is 0 Å². The number of aryl methyl sites for hydroxylation is 1. The van der Waals surface area contributed by atoms with Crippen LogP contribution in [0.2, 0.25) is 0 Å². The van der Waals surface area contributed by atoms with Gasteiger partial charge < -0.3 is 8.98 Å². The molecular formula is C21H20N4OS2. The van der Waals surface area contributed by atoms with Gasteiger partial charge in [-0.15, -0.1) is 21.5 Å². The predicted octanol–water partition coefficient (Wildman–Crippen LogP) is 5.52. The molecule has 5 rings (SSSR count). The van der Waals surface area contributed by atoms with Crippen molar-refractivity contribution in [3.8, 4) is 10.8 Å². The Hall–Kier alpha value is -2.38. The number of aromatic nitrogens is 4. The summed E-state index contributed by atoms with van der Waals surface area (Å²) in [6.07, 6.45) is 2.44. The highest BCUT2D eigenvalue weighted by atomic mass is 32.2. The number of thioether (sulfide) groups is 1. The first kappa shape index (κ1) is 17.7. The Morgan fingerprint density at radius 1 is 1.14 bits per heavy atom. The van der Waals surface area contributed by atoms with Crippen molar-refractivity contribution >= 4 is 23.1 Å². The van der Waals surface area contributed by atoms with Gasteiger partial charge in [-0.1, -0.05) is 42.1 Å². The number of hydrogen-bond acceptors (Lipinski definition) is 6. The first-order chi connectivity index (χ1) is 13.8. The zero-order valence-electron chi connectivity index (χ0n) is 15.5. The van der Waals surface area contributed by atoms with Crippen molar-refractivity contribution < 1.29 is 4.42 Å².